The Kier molecular flexibility index (Phi) is 4.75. The fourth-order valence-corrected chi connectivity index (χ4v) is 3.17. The van der Waals surface area contributed by atoms with Gasteiger partial charge in [-0.3, -0.25) is 0 Å². The highest BCUT2D eigenvalue weighted by atomic mass is 79.9. The standard InChI is InChI=1S/C15H12BrCl2FO/c1-15(20,11-6-5-9(16)7-13(11)18)8-10-12(17)3-2-4-14(10)19/h2-7,20H,8H2,1H3. The molecule has 2 rings (SSSR count). The van der Waals surface area contributed by atoms with Gasteiger partial charge in [0.1, 0.15) is 5.82 Å². The zero-order valence-corrected chi connectivity index (χ0v) is 13.7. The molecule has 0 amide bonds. The van der Waals surface area contributed by atoms with Crippen LogP contribution in [0.15, 0.2) is 40.9 Å². The maximum absolute atomic E-state index is 13.8. The summed E-state index contributed by atoms with van der Waals surface area (Å²) in [6.07, 6.45) is 0.0415. The van der Waals surface area contributed by atoms with Crippen molar-refractivity contribution >= 4 is 39.1 Å². The second-order valence-electron chi connectivity index (χ2n) is 4.78. The summed E-state index contributed by atoms with van der Waals surface area (Å²) in [5.74, 6) is -0.439. The smallest absolute Gasteiger partial charge is 0.128 e. The molecule has 0 saturated carbocycles. The van der Waals surface area contributed by atoms with E-state index in [0.29, 0.717) is 15.6 Å². The van der Waals surface area contributed by atoms with E-state index in [1.54, 1.807) is 31.2 Å². The molecule has 0 radical (unpaired) electrons. The Morgan fingerprint density at radius 3 is 2.50 bits per heavy atom. The van der Waals surface area contributed by atoms with Gasteiger partial charge in [0, 0.05) is 32.1 Å². The van der Waals surface area contributed by atoms with Gasteiger partial charge in [0.05, 0.1) is 5.60 Å². The van der Waals surface area contributed by atoms with Crippen molar-refractivity contribution in [2.45, 2.75) is 18.9 Å². The van der Waals surface area contributed by atoms with Gasteiger partial charge in [-0.15, -0.1) is 0 Å². The van der Waals surface area contributed by atoms with Crippen LogP contribution in [0.3, 0.4) is 0 Å². The number of hydrogen-bond donors (Lipinski definition) is 1. The lowest BCUT2D eigenvalue weighted by atomic mass is 9.89. The molecule has 106 valence electrons. The van der Waals surface area contributed by atoms with Crippen molar-refractivity contribution in [3.63, 3.8) is 0 Å². The first kappa shape index (κ1) is 15.8. The molecule has 0 heterocycles. The van der Waals surface area contributed by atoms with Crippen molar-refractivity contribution in [3.8, 4) is 0 Å². The lowest BCUT2D eigenvalue weighted by Crippen LogP contribution is -2.25. The van der Waals surface area contributed by atoms with Crippen molar-refractivity contribution in [1.29, 1.82) is 0 Å². The fourth-order valence-electron chi connectivity index (χ4n) is 2.07. The molecule has 1 unspecified atom stereocenters. The number of benzene rings is 2. The third-order valence-electron chi connectivity index (χ3n) is 3.09. The van der Waals surface area contributed by atoms with Crippen LogP contribution in [0.2, 0.25) is 10.0 Å². The fraction of sp³-hybridized carbons (Fsp3) is 0.200. The normalized spacial score (nSPS) is 14.1. The highest BCUT2D eigenvalue weighted by Gasteiger charge is 2.28. The lowest BCUT2D eigenvalue weighted by Gasteiger charge is -2.26. The molecule has 0 aliphatic heterocycles. The molecule has 0 fully saturated rings. The quantitative estimate of drug-likeness (QED) is 0.764. The van der Waals surface area contributed by atoms with E-state index in [2.05, 4.69) is 15.9 Å². The molecule has 20 heavy (non-hydrogen) atoms. The Morgan fingerprint density at radius 1 is 1.20 bits per heavy atom. The van der Waals surface area contributed by atoms with Gasteiger partial charge in [-0.1, -0.05) is 51.3 Å². The lowest BCUT2D eigenvalue weighted by molar-refractivity contribution is 0.0568. The van der Waals surface area contributed by atoms with Crippen molar-refractivity contribution in [2.24, 2.45) is 0 Å². The summed E-state index contributed by atoms with van der Waals surface area (Å²) in [7, 11) is 0. The van der Waals surface area contributed by atoms with E-state index >= 15 is 0 Å². The second-order valence-corrected chi connectivity index (χ2v) is 6.51. The highest BCUT2D eigenvalue weighted by Crippen LogP contribution is 2.35. The predicted molar refractivity (Wildman–Crippen MR) is 83.8 cm³/mol. The van der Waals surface area contributed by atoms with Gasteiger partial charge in [-0.2, -0.15) is 0 Å². The minimum atomic E-state index is -1.32. The predicted octanol–water partition coefficient (Wildman–Crippen LogP) is 5.35. The molecular formula is C15H12BrCl2FO. The summed E-state index contributed by atoms with van der Waals surface area (Å²) in [6, 6.07) is 9.62. The molecule has 1 nitrogen and oxygen atoms in total. The summed E-state index contributed by atoms with van der Waals surface area (Å²) < 4.78 is 14.6. The van der Waals surface area contributed by atoms with Crippen LogP contribution in [0.1, 0.15) is 18.1 Å². The van der Waals surface area contributed by atoms with Crippen LogP contribution in [0.4, 0.5) is 4.39 Å². The number of rotatable bonds is 3. The largest absolute Gasteiger partial charge is 0.385 e. The summed E-state index contributed by atoms with van der Waals surface area (Å²) >= 11 is 15.4. The molecule has 2 aromatic rings. The molecule has 0 bridgehead atoms. The molecule has 0 saturated heterocycles. The van der Waals surface area contributed by atoms with E-state index in [4.69, 9.17) is 23.2 Å². The van der Waals surface area contributed by atoms with Crippen molar-refractivity contribution in [3.05, 3.63) is 67.9 Å². The van der Waals surface area contributed by atoms with Crippen LogP contribution in [0.25, 0.3) is 0 Å². The number of halogens is 4. The minimum Gasteiger partial charge on any atom is -0.385 e. The Labute approximate surface area is 135 Å². The zero-order chi connectivity index (χ0) is 14.9. The molecule has 0 aliphatic rings. The Balaban J connectivity index is 2.40. The van der Waals surface area contributed by atoms with E-state index < -0.39 is 11.4 Å². The maximum atomic E-state index is 13.8. The average molecular weight is 378 g/mol. The van der Waals surface area contributed by atoms with Crippen LogP contribution < -0.4 is 0 Å². The molecule has 2 aromatic carbocycles. The Hall–Kier alpha value is -0.610. The maximum Gasteiger partial charge on any atom is 0.128 e. The minimum absolute atomic E-state index is 0.0415. The third-order valence-corrected chi connectivity index (χ3v) is 4.25. The molecule has 0 spiro atoms. The molecule has 0 aliphatic carbocycles. The third kappa shape index (κ3) is 3.34. The molecule has 5 heteroatoms. The summed E-state index contributed by atoms with van der Waals surface area (Å²) in [4.78, 5) is 0. The van der Waals surface area contributed by atoms with Crippen LogP contribution in [0.5, 0.6) is 0 Å². The van der Waals surface area contributed by atoms with Gasteiger partial charge in [-0.05, 0) is 31.2 Å². The van der Waals surface area contributed by atoms with Gasteiger partial charge >= 0.3 is 0 Å². The SMILES string of the molecule is CC(O)(Cc1c(F)cccc1Cl)c1ccc(Br)cc1Cl. The van der Waals surface area contributed by atoms with Crippen LogP contribution in [-0.2, 0) is 12.0 Å². The molecule has 0 aromatic heterocycles. The molecule has 1 N–H and O–H groups in total. The summed E-state index contributed by atoms with van der Waals surface area (Å²) in [5, 5.41) is 11.3. The number of hydrogen-bond acceptors (Lipinski definition) is 1. The van der Waals surface area contributed by atoms with Crippen LogP contribution in [0, 0.1) is 5.82 Å². The highest BCUT2D eigenvalue weighted by molar-refractivity contribution is 9.10. The van der Waals surface area contributed by atoms with Gasteiger partial charge in [0.2, 0.25) is 0 Å². The zero-order valence-electron chi connectivity index (χ0n) is 10.6. The first-order valence-electron chi connectivity index (χ1n) is 5.92. The van der Waals surface area contributed by atoms with Gasteiger partial charge in [-0.25, -0.2) is 4.39 Å². The summed E-state index contributed by atoms with van der Waals surface area (Å²) in [6.45, 7) is 1.59. The topological polar surface area (TPSA) is 20.2 Å². The first-order valence-corrected chi connectivity index (χ1v) is 7.47. The summed E-state index contributed by atoms with van der Waals surface area (Å²) in [5.41, 5.74) is -0.510. The monoisotopic (exact) mass is 376 g/mol. The van der Waals surface area contributed by atoms with E-state index in [1.165, 1.54) is 12.1 Å². The van der Waals surface area contributed by atoms with Crippen LogP contribution >= 0.6 is 39.1 Å². The Morgan fingerprint density at radius 2 is 1.90 bits per heavy atom. The van der Waals surface area contributed by atoms with Crippen molar-refractivity contribution in [1.82, 2.24) is 0 Å². The molecule has 1 atom stereocenters. The van der Waals surface area contributed by atoms with E-state index in [0.717, 1.165) is 4.47 Å². The first-order chi connectivity index (χ1) is 9.31. The van der Waals surface area contributed by atoms with E-state index in [1.807, 2.05) is 0 Å². The average Bonchev–Trinajstić information content (AvgIpc) is 2.33. The van der Waals surface area contributed by atoms with Crippen molar-refractivity contribution in [2.75, 3.05) is 0 Å². The van der Waals surface area contributed by atoms with Crippen molar-refractivity contribution < 1.29 is 9.50 Å². The van der Waals surface area contributed by atoms with E-state index in [9.17, 15) is 9.50 Å². The molecular weight excluding hydrogens is 366 g/mol. The Bertz CT molecular complexity index is 624. The number of aliphatic hydroxyl groups is 1. The second kappa shape index (κ2) is 6.02. The van der Waals surface area contributed by atoms with E-state index in [-0.39, 0.29) is 12.0 Å². The van der Waals surface area contributed by atoms with Gasteiger partial charge in [0.25, 0.3) is 0 Å². The van der Waals surface area contributed by atoms with Gasteiger partial charge < -0.3 is 5.11 Å². The van der Waals surface area contributed by atoms with Gasteiger partial charge in [0.15, 0.2) is 0 Å². The van der Waals surface area contributed by atoms with Crippen LogP contribution in [-0.4, -0.2) is 5.11 Å².